The van der Waals surface area contributed by atoms with Gasteiger partial charge in [-0.15, -0.1) is 11.3 Å². The molecule has 10 rings (SSSR count). The highest BCUT2D eigenvalue weighted by Crippen LogP contribution is 2.44. The van der Waals surface area contributed by atoms with Crippen LogP contribution in [-0.4, -0.2) is 0 Å². The van der Waals surface area contributed by atoms with Gasteiger partial charge in [-0.2, -0.15) is 0 Å². The SMILES string of the molecule is C1=CCCC(c2cc3oc4ccc(N(c5ccc(-c6ccccc6)cc5)c5ccc6sc7ccccc7c6c5)cc4c3c3ccccc23)=C1. The van der Waals surface area contributed by atoms with E-state index in [9.17, 15) is 0 Å². The second-order valence-corrected chi connectivity index (χ2v) is 13.9. The quantitative estimate of drug-likeness (QED) is 0.185. The molecule has 1 aliphatic rings. The zero-order chi connectivity index (χ0) is 32.3. The molecular weight excluding hydrogens is 615 g/mol. The summed E-state index contributed by atoms with van der Waals surface area (Å²) < 4.78 is 9.24. The van der Waals surface area contributed by atoms with Gasteiger partial charge in [0.2, 0.25) is 0 Å². The molecule has 0 amide bonds. The van der Waals surface area contributed by atoms with Crippen LogP contribution < -0.4 is 4.90 Å². The van der Waals surface area contributed by atoms with E-state index < -0.39 is 0 Å². The summed E-state index contributed by atoms with van der Waals surface area (Å²) in [5.74, 6) is 0. The molecule has 232 valence electrons. The van der Waals surface area contributed by atoms with E-state index in [1.54, 1.807) is 0 Å². The van der Waals surface area contributed by atoms with Crippen molar-refractivity contribution in [1.82, 2.24) is 0 Å². The van der Waals surface area contributed by atoms with Gasteiger partial charge in [-0.1, -0.05) is 103 Å². The fourth-order valence-electron chi connectivity index (χ4n) is 7.59. The van der Waals surface area contributed by atoms with Gasteiger partial charge in [-0.05, 0) is 107 Å². The monoisotopic (exact) mass is 645 g/mol. The minimum atomic E-state index is 0.900. The van der Waals surface area contributed by atoms with Gasteiger partial charge in [-0.3, -0.25) is 0 Å². The van der Waals surface area contributed by atoms with Crippen molar-refractivity contribution in [2.24, 2.45) is 0 Å². The molecule has 0 saturated carbocycles. The number of rotatable bonds is 5. The van der Waals surface area contributed by atoms with Crippen molar-refractivity contribution in [3.05, 3.63) is 169 Å². The molecule has 2 heterocycles. The summed E-state index contributed by atoms with van der Waals surface area (Å²) in [6.07, 6.45) is 8.79. The van der Waals surface area contributed by atoms with Crippen LogP contribution in [0.15, 0.2) is 168 Å². The van der Waals surface area contributed by atoms with E-state index in [0.717, 1.165) is 46.5 Å². The molecule has 7 aromatic carbocycles. The maximum Gasteiger partial charge on any atom is 0.136 e. The molecule has 49 heavy (non-hydrogen) atoms. The second-order valence-electron chi connectivity index (χ2n) is 12.8. The molecule has 2 aromatic heterocycles. The number of fused-ring (bicyclic) bond motifs is 8. The van der Waals surface area contributed by atoms with E-state index in [-0.39, 0.29) is 0 Å². The normalized spacial score (nSPS) is 13.2. The van der Waals surface area contributed by atoms with Crippen LogP contribution >= 0.6 is 11.3 Å². The molecule has 0 unspecified atom stereocenters. The van der Waals surface area contributed by atoms with Gasteiger partial charge in [0, 0.05) is 48.0 Å². The van der Waals surface area contributed by atoms with Gasteiger partial charge in [0.05, 0.1) is 0 Å². The van der Waals surface area contributed by atoms with Crippen LogP contribution in [0.3, 0.4) is 0 Å². The molecule has 1 aliphatic carbocycles. The number of thiophene rings is 1. The lowest BCUT2D eigenvalue weighted by atomic mass is 9.91. The maximum absolute atomic E-state index is 6.64. The summed E-state index contributed by atoms with van der Waals surface area (Å²) in [7, 11) is 0. The van der Waals surface area contributed by atoms with Crippen LogP contribution in [0.2, 0.25) is 0 Å². The summed E-state index contributed by atoms with van der Waals surface area (Å²) >= 11 is 1.85. The van der Waals surface area contributed by atoms with E-state index >= 15 is 0 Å². The van der Waals surface area contributed by atoms with Crippen LogP contribution in [-0.2, 0) is 0 Å². The Bertz CT molecular complexity index is 2760. The van der Waals surface area contributed by atoms with E-state index in [0.29, 0.717) is 0 Å². The Kier molecular flexibility index (Phi) is 6.53. The number of hydrogen-bond acceptors (Lipinski definition) is 3. The average Bonchev–Trinajstić information content (AvgIpc) is 3.73. The summed E-state index contributed by atoms with van der Waals surface area (Å²) in [5, 5.41) is 7.37. The van der Waals surface area contributed by atoms with Crippen molar-refractivity contribution in [1.29, 1.82) is 0 Å². The Balaban J connectivity index is 1.19. The van der Waals surface area contributed by atoms with Crippen molar-refractivity contribution in [3.63, 3.8) is 0 Å². The Morgan fingerprint density at radius 2 is 1.18 bits per heavy atom. The summed E-state index contributed by atoms with van der Waals surface area (Å²) in [5.41, 5.74) is 10.2. The Morgan fingerprint density at radius 1 is 0.510 bits per heavy atom. The highest BCUT2D eigenvalue weighted by atomic mass is 32.1. The molecule has 0 atom stereocenters. The fourth-order valence-corrected chi connectivity index (χ4v) is 8.68. The molecule has 0 aliphatic heterocycles. The maximum atomic E-state index is 6.64. The lowest BCUT2D eigenvalue weighted by Gasteiger charge is -2.26. The minimum absolute atomic E-state index is 0.900. The van der Waals surface area contributed by atoms with Gasteiger partial charge in [0.1, 0.15) is 11.2 Å². The van der Waals surface area contributed by atoms with Crippen molar-refractivity contribution >= 4 is 86.9 Å². The first-order chi connectivity index (χ1) is 24.3. The Hall–Kier alpha value is -5.90. The van der Waals surface area contributed by atoms with Crippen LogP contribution in [0.25, 0.3) is 69.6 Å². The highest BCUT2D eigenvalue weighted by molar-refractivity contribution is 7.25. The number of furan rings is 1. The number of allylic oxidation sites excluding steroid dienone is 4. The van der Waals surface area contributed by atoms with Gasteiger partial charge in [0.25, 0.3) is 0 Å². The van der Waals surface area contributed by atoms with Gasteiger partial charge in [-0.25, -0.2) is 0 Å². The number of nitrogens with zero attached hydrogens (tertiary/aromatic N) is 1. The van der Waals surface area contributed by atoms with Crippen LogP contribution in [0.5, 0.6) is 0 Å². The first-order valence-corrected chi connectivity index (χ1v) is 17.7. The molecule has 3 heteroatoms. The van der Waals surface area contributed by atoms with E-state index in [1.807, 2.05) is 11.3 Å². The van der Waals surface area contributed by atoms with Crippen LogP contribution in [0.4, 0.5) is 17.1 Å². The molecule has 0 N–H and O–H groups in total. The Morgan fingerprint density at radius 3 is 2.00 bits per heavy atom. The van der Waals surface area contributed by atoms with Crippen molar-refractivity contribution in [2.75, 3.05) is 4.90 Å². The summed E-state index contributed by atoms with van der Waals surface area (Å²) in [6, 6.07) is 52.8. The highest BCUT2D eigenvalue weighted by Gasteiger charge is 2.20. The third-order valence-electron chi connectivity index (χ3n) is 9.93. The summed E-state index contributed by atoms with van der Waals surface area (Å²) in [6.45, 7) is 0. The third-order valence-corrected chi connectivity index (χ3v) is 11.1. The van der Waals surface area contributed by atoms with E-state index in [2.05, 4.69) is 169 Å². The predicted molar refractivity (Wildman–Crippen MR) is 211 cm³/mol. The molecule has 9 aromatic rings. The lowest BCUT2D eigenvalue weighted by Crippen LogP contribution is -2.09. The number of anilines is 3. The molecule has 0 spiro atoms. The smallest absolute Gasteiger partial charge is 0.136 e. The summed E-state index contributed by atoms with van der Waals surface area (Å²) in [4.78, 5) is 2.38. The largest absolute Gasteiger partial charge is 0.456 e. The first kappa shape index (κ1) is 28.1. The third kappa shape index (κ3) is 4.69. The molecule has 0 bridgehead atoms. The lowest BCUT2D eigenvalue weighted by molar-refractivity contribution is 0.669. The average molecular weight is 646 g/mol. The molecular formula is C46H31NOS. The molecule has 0 saturated heterocycles. The zero-order valence-electron chi connectivity index (χ0n) is 26.8. The van der Waals surface area contributed by atoms with Gasteiger partial charge in [0.15, 0.2) is 0 Å². The molecule has 2 nitrogen and oxygen atoms in total. The number of hydrogen-bond donors (Lipinski definition) is 0. The van der Waals surface area contributed by atoms with Crippen molar-refractivity contribution in [3.8, 4) is 11.1 Å². The predicted octanol–water partition coefficient (Wildman–Crippen LogP) is 14.0. The standard InChI is InChI=1S/C46H31NOS/c1-3-11-30(12-4-1)31-19-21-33(22-20-31)47(35-24-26-45-40(27-35)37-16-9-10-18-44(37)49-45)34-23-25-42-41(28-34)46-38-17-8-7-15-36(38)39(29-43(46)48-42)32-13-5-2-6-14-32/h1-5,7-13,15-29H,6,14H2. The van der Waals surface area contributed by atoms with E-state index in [4.69, 9.17) is 4.42 Å². The van der Waals surface area contributed by atoms with Crippen LogP contribution in [0.1, 0.15) is 18.4 Å². The number of benzene rings is 7. The topological polar surface area (TPSA) is 16.4 Å². The minimum Gasteiger partial charge on any atom is -0.456 e. The second kappa shape index (κ2) is 11.4. The Labute approximate surface area is 288 Å². The molecule has 0 radical (unpaired) electrons. The van der Waals surface area contributed by atoms with E-state index in [1.165, 1.54) is 58.6 Å². The molecule has 0 fully saturated rings. The van der Waals surface area contributed by atoms with Gasteiger partial charge < -0.3 is 9.32 Å². The van der Waals surface area contributed by atoms with Gasteiger partial charge >= 0.3 is 0 Å². The fraction of sp³-hybridized carbons (Fsp3) is 0.0435. The first-order valence-electron chi connectivity index (χ1n) is 16.9. The van der Waals surface area contributed by atoms with Crippen molar-refractivity contribution < 1.29 is 4.42 Å². The van der Waals surface area contributed by atoms with Crippen LogP contribution in [0, 0.1) is 0 Å². The van der Waals surface area contributed by atoms with Crippen molar-refractivity contribution in [2.45, 2.75) is 12.8 Å². The zero-order valence-corrected chi connectivity index (χ0v) is 27.6.